The van der Waals surface area contributed by atoms with E-state index in [1.54, 1.807) is 6.92 Å². The standard InChI is InChI=1S/C19H21N3O2S/c1-4-14-10-11-17(16-9-7-6-8-15(14)16)22-13(3)20-21-19(22)25-12-18(23)24-5-2/h6-11H,4-5,12H2,1-3H3. The fourth-order valence-corrected chi connectivity index (χ4v) is 3.68. The number of aromatic nitrogens is 3. The van der Waals surface area contributed by atoms with Gasteiger partial charge in [0.05, 0.1) is 18.0 Å². The van der Waals surface area contributed by atoms with E-state index in [9.17, 15) is 4.79 Å². The average molecular weight is 355 g/mol. The summed E-state index contributed by atoms with van der Waals surface area (Å²) in [6.07, 6.45) is 0.979. The van der Waals surface area contributed by atoms with Crippen molar-refractivity contribution in [3.8, 4) is 5.69 Å². The fraction of sp³-hybridized carbons (Fsp3) is 0.316. The molecule has 25 heavy (non-hydrogen) atoms. The van der Waals surface area contributed by atoms with Crippen molar-refractivity contribution in [2.24, 2.45) is 0 Å². The molecule has 6 heteroatoms. The zero-order valence-electron chi connectivity index (χ0n) is 14.7. The Labute approximate surface area is 151 Å². The topological polar surface area (TPSA) is 57.0 Å². The molecule has 2 aromatic carbocycles. The van der Waals surface area contributed by atoms with Gasteiger partial charge in [0.2, 0.25) is 0 Å². The molecule has 0 radical (unpaired) electrons. The van der Waals surface area contributed by atoms with Crippen LogP contribution in [-0.2, 0) is 16.0 Å². The smallest absolute Gasteiger partial charge is 0.316 e. The number of esters is 1. The number of carbonyl (C=O) groups is 1. The maximum absolute atomic E-state index is 11.7. The Hall–Kier alpha value is -2.34. The van der Waals surface area contributed by atoms with Gasteiger partial charge in [-0.1, -0.05) is 49.0 Å². The molecule has 0 fully saturated rings. The first-order valence-corrected chi connectivity index (χ1v) is 9.35. The molecule has 0 atom stereocenters. The first kappa shape index (κ1) is 17.5. The van der Waals surface area contributed by atoms with Gasteiger partial charge in [-0.3, -0.25) is 9.36 Å². The molecule has 5 nitrogen and oxygen atoms in total. The van der Waals surface area contributed by atoms with Crippen LogP contribution in [0, 0.1) is 6.92 Å². The Morgan fingerprint density at radius 1 is 1.12 bits per heavy atom. The lowest BCUT2D eigenvalue weighted by Crippen LogP contribution is -2.08. The number of carbonyl (C=O) groups excluding carboxylic acids is 1. The molecule has 3 rings (SSSR count). The van der Waals surface area contributed by atoms with E-state index >= 15 is 0 Å². The zero-order chi connectivity index (χ0) is 17.8. The van der Waals surface area contributed by atoms with Crippen molar-refractivity contribution in [2.45, 2.75) is 32.3 Å². The second-order valence-corrected chi connectivity index (χ2v) is 6.54. The molecule has 0 unspecified atom stereocenters. The lowest BCUT2D eigenvalue weighted by atomic mass is 10.0. The van der Waals surface area contributed by atoms with Gasteiger partial charge >= 0.3 is 5.97 Å². The van der Waals surface area contributed by atoms with E-state index < -0.39 is 0 Å². The molecule has 0 saturated heterocycles. The number of nitrogens with zero attached hydrogens (tertiary/aromatic N) is 3. The lowest BCUT2D eigenvalue weighted by Gasteiger charge is -2.13. The van der Waals surface area contributed by atoms with Crippen molar-refractivity contribution in [1.29, 1.82) is 0 Å². The summed E-state index contributed by atoms with van der Waals surface area (Å²) >= 11 is 1.34. The normalized spacial score (nSPS) is 11.0. The van der Waals surface area contributed by atoms with Crippen LogP contribution < -0.4 is 0 Å². The number of hydrogen-bond donors (Lipinski definition) is 0. The highest BCUT2D eigenvalue weighted by Gasteiger charge is 2.16. The molecule has 0 N–H and O–H groups in total. The van der Waals surface area contributed by atoms with Crippen LogP contribution in [0.3, 0.4) is 0 Å². The molecule has 0 saturated carbocycles. The molecular weight excluding hydrogens is 334 g/mol. The number of rotatable bonds is 6. The Balaban J connectivity index is 2.04. The SMILES string of the molecule is CCOC(=O)CSc1nnc(C)n1-c1ccc(CC)c2ccccc12. The molecule has 1 heterocycles. The third kappa shape index (κ3) is 3.54. The minimum absolute atomic E-state index is 0.219. The van der Waals surface area contributed by atoms with Crippen molar-refractivity contribution in [1.82, 2.24) is 14.8 Å². The van der Waals surface area contributed by atoms with E-state index in [1.807, 2.05) is 17.6 Å². The largest absolute Gasteiger partial charge is 0.465 e. The summed E-state index contributed by atoms with van der Waals surface area (Å²) in [5, 5.41) is 11.5. The zero-order valence-corrected chi connectivity index (χ0v) is 15.5. The number of ether oxygens (including phenoxy) is 1. The third-order valence-corrected chi connectivity index (χ3v) is 4.94. The molecule has 3 aromatic rings. The van der Waals surface area contributed by atoms with E-state index in [0.29, 0.717) is 11.8 Å². The molecule has 0 aliphatic heterocycles. The van der Waals surface area contributed by atoms with E-state index in [4.69, 9.17) is 4.74 Å². The first-order valence-electron chi connectivity index (χ1n) is 8.37. The highest BCUT2D eigenvalue weighted by Crippen LogP contribution is 2.30. The lowest BCUT2D eigenvalue weighted by molar-refractivity contribution is -0.139. The molecule has 0 bridgehead atoms. The molecule has 0 aliphatic carbocycles. The highest BCUT2D eigenvalue weighted by atomic mass is 32.2. The Bertz CT molecular complexity index is 905. The molecule has 0 spiro atoms. The number of benzene rings is 2. The van der Waals surface area contributed by atoms with E-state index in [1.165, 1.54) is 22.7 Å². The van der Waals surface area contributed by atoms with Gasteiger partial charge in [-0.15, -0.1) is 10.2 Å². The van der Waals surface area contributed by atoms with Crippen LogP contribution in [0.15, 0.2) is 41.6 Å². The van der Waals surface area contributed by atoms with Gasteiger partial charge in [0.1, 0.15) is 5.82 Å². The average Bonchev–Trinajstić information content (AvgIpc) is 2.99. The van der Waals surface area contributed by atoms with Crippen LogP contribution in [0.25, 0.3) is 16.5 Å². The van der Waals surface area contributed by atoms with Crippen molar-refractivity contribution in [3.63, 3.8) is 0 Å². The predicted octanol–water partition coefficient (Wildman–Crippen LogP) is 3.95. The summed E-state index contributed by atoms with van der Waals surface area (Å²) in [6.45, 7) is 6.26. The second kappa shape index (κ2) is 7.70. The minimum atomic E-state index is -0.245. The van der Waals surface area contributed by atoms with E-state index in [2.05, 4.69) is 47.5 Å². The van der Waals surface area contributed by atoms with Crippen LogP contribution in [-0.4, -0.2) is 33.1 Å². The Morgan fingerprint density at radius 2 is 1.88 bits per heavy atom. The summed E-state index contributed by atoms with van der Waals surface area (Å²) in [6, 6.07) is 12.6. The van der Waals surface area contributed by atoms with Crippen molar-refractivity contribution in [2.75, 3.05) is 12.4 Å². The summed E-state index contributed by atoms with van der Waals surface area (Å²) < 4.78 is 7.00. The predicted molar refractivity (Wildman–Crippen MR) is 100 cm³/mol. The van der Waals surface area contributed by atoms with Gasteiger partial charge in [-0.25, -0.2) is 0 Å². The highest BCUT2D eigenvalue weighted by molar-refractivity contribution is 7.99. The Morgan fingerprint density at radius 3 is 2.60 bits per heavy atom. The quantitative estimate of drug-likeness (QED) is 0.495. The molecule has 1 aromatic heterocycles. The second-order valence-electron chi connectivity index (χ2n) is 5.60. The van der Waals surface area contributed by atoms with Gasteiger partial charge in [-0.05, 0) is 37.3 Å². The Kier molecular flexibility index (Phi) is 5.38. The van der Waals surface area contributed by atoms with Crippen LogP contribution >= 0.6 is 11.8 Å². The van der Waals surface area contributed by atoms with Gasteiger partial charge in [-0.2, -0.15) is 0 Å². The van der Waals surface area contributed by atoms with E-state index in [-0.39, 0.29) is 11.7 Å². The summed E-state index contributed by atoms with van der Waals surface area (Å²) in [4.78, 5) is 11.7. The number of fused-ring (bicyclic) bond motifs is 1. The fourth-order valence-electron chi connectivity index (χ4n) is 2.89. The van der Waals surface area contributed by atoms with Crippen molar-refractivity contribution in [3.05, 3.63) is 47.8 Å². The van der Waals surface area contributed by atoms with Gasteiger partial charge < -0.3 is 4.74 Å². The third-order valence-electron chi connectivity index (χ3n) is 4.03. The summed E-state index contributed by atoms with van der Waals surface area (Å²) in [5.74, 6) is 0.767. The van der Waals surface area contributed by atoms with Crippen LogP contribution in [0.2, 0.25) is 0 Å². The number of thioether (sulfide) groups is 1. The van der Waals surface area contributed by atoms with Crippen LogP contribution in [0.1, 0.15) is 25.2 Å². The summed E-state index contributed by atoms with van der Waals surface area (Å²) in [7, 11) is 0. The van der Waals surface area contributed by atoms with Gasteiger partial charge in [0, 0.05) is 5.39 Å². The van der Waals surface area contributed by atoms with E-state index in [0.717, 1.165) is 23.3 Å². The molecular formula is C19H21N3O2S. The monoisotopic (exact) mass is 355 g/mol. The molecule has 0 amide bonds. The minimum Gasteiger partial charge on any atom is -0.465 e. The maximum atomic E-state index is 11.7. The van der Waals surface area contributed by atoms with Gasteiger partial charge in [0.25, 0.3) is 0 Å². The molecule has 130 valence electrons. The maximum Gasteiger partial charge on any atom is 0.316 e. The van der Waals surface area contributed by atoms with Crippen molar-refractivity contribution >= 4 is 28.5 Å². The van der Waals surface area contributed by atoms with Crippen molar-refractivity contribution < 1.29 is 9.53 Å². The van der Waals surface area contributed by atoms with Crippen LogP contribution in [0.5, 0.6) is 0 Å². The summed E-state index contributed by atoms with van der Waals surface area (Å²) in [5.41, 5.74) is 2.34. The van der Waals surface area contributed by atoms with Crippen LogP contribution in [0.4, 0.5) is 0 Å². The number of aryl methyl sites for hydroxylation is 2. The number of hydrogen-bond acceptors (Lipinski definition) is 5. The van der Waals surface area contributed by atoms with Gasteiger partial charge in [0.15, 0.2) is 5.16 Å². The first-order chi connectivity index (χ1) is 12.2. The molecule has 0 aliphatic rings.